The Kier molecular flexibility index (Phi) is 24.7. The molecule has 0 heterocycles. The van der Waals surface area contributed by atoms with Crippen LogP contribution >= 0.6 is 0 Å². The number of unbranched alkanes of at least 4 members (excludes halogenated alkanes) is 15. The first-order chi connectivity index (χ1) is 34.8. The largest absolute Gasteiger partial charge is 0.864 e. The molecule has 1 atom stereocenters. The van der Waals surface area contributed by atoms with Crippen molar-refractivity contribution in [3.63, 3.8) is 0 Å². The molecule has 0 radical (unpaired) electrons. The Hall–Kier alpha value is -4.18. The summed E-state index contributed by atoms with van der Waals surface area (Å²) in [6.07, 6.45) is -20.4. The SMILES string of the molecule is CCCCCCCC[N+](CCCCCCCC)(CCCCCCCC)C(CCC)c1c(OB(Oc2cc(C(F)(F)F)cc(C(F)(F)F)c2)Oc2cc(C(F)(F)F)cc(C(F)(F)F)c2)cc(C(F)(F)F)cc1C(F)(F)F. The molecule has 0 spiro atoms. The molecule has 1 unspecified atom stereocenters. The summed E-state index contributed by atoms with van der Waals surface area (Å²) in [5, 5.41) is 0. The van der Waals surface area contributed by atoms with E-state index < -0.39 is 107 Å². The minimum absolute atomic E-state index is 0.0719. The lowest BCUT2D eigenvalue weighted by Gasteiger charge is -2.47. The quantitative estimate of drug-likeness (QED) is 0.0278. The van der Waals surface area contributed by atoms with Gasteiger partial charge in [0.25, 0.3) is 0 Å². The molecule has 0 aliphatic rings. The number of hydrogen-bond donors (Lipinski definition) is 0. The first-order valence-corrected chi connectivity index (χ1v) is 25.6. The number of alkyl halides is 18. The van der Waals surface area contributed by atoms with E-state index in [9.17, 15) is 65.9 Å². The maximum absolute atomic E-state index is 15.8. The molecule has 75 heavy (non-hydrogen) atoms. The highest BCUT2D eigenvalue weighted by atomic mass is 19.4. The van der Waals surface area contributed by atoms with Crippen molar-refractivity contribution < 1.29 is 97.5 Å². The van der Waals surface area contributed by atoms with Crippen LogP contribution in [0.2, 0.25) is 0 Å². The summed E-state index contributed by atoms with van der Waals surface area (Å²) >= 11 is 0. The van der Waals surface area contributed by atoms with Crippen LogP contribution in [0.4, 0.5) is 79.0 Å². The summed E-state index contributed by atoms with van der Waals surface area (Å²) in [5.41, 5.74) is -13.2. The molecular weight excluding hydrogens is 1040 g/mol. The van der Waals surface area contributed by atoms with E-state index in [2.05, 4.69) is 0 Å². The smallest absolute Gasteiger partial charge is 0.490 e. The lowest BCUT2D eigenvalue weighted by atomic mass is 9.88. The highest BCUT2D eigenvalue weighted by molar-refractivity contribution is 6.39. The fourth-order valence-corrected chi connectivity index (χ4v) is 9.24. The van der Waals surface area contributed by atoms with Gasteiger partial charge in [-0.15, -0.1) is 0 Å². The maximum atomic E-state index is 15.8. The number of halogens is 18. The molecule has 0 saturated heterocycles. The van der Waals surface area contributed by atoms with Crippen LogP contribution in [0.1, 0.15) is 201 Å². The van der Waals surface area contributed by atoms with Crippen LogP contribution in [-0.4, -0.2) is 31.4 Å². The van der Waals surface area contributed by atoms with Crippen molar-refractivity contribution >= 4 is 7.32 Å². The average Bonchev–Trinajstić information content (AvgIpc) is 3.29. The topological polar surface area (TPSA) is 27.7 Å². The van der Waals surface area contributed by atoms with Gasteiger partial charge in [0, 0.05) is 6.42 Å². The zero-order valence-corrected chi connectivity index (χ0v) is 42.5. The predicted molar refractivity (Wildman–Crippen MR) is 250 cm³/mol. The van der Waals surface area contributed by atoms with Crippen LogP contribution in [0.5, 0.6) is 17.2 Å². The Balaban J connectivity index is 2.57. The lowest BCUT2D eigenvalue weighted by Crippen LogP contribution is -2.53. The van der Waals surface area contributed by atoms with Crippen molar-refractivity contribution in [1.29, 1.82) is 0 Å². The zero-order valence-electron chi connectivity index (χ0n) is 42.5. The van der Waals surface area contributed by atoms with Gasteiger partial charge in [-0.2, -0.15) is 79.0 Å². The van der Waals surface area contributed by atoms with Gasteiger partial charge in [-0.05, 0) is 87.1 Å². The second-order valence-electron chi connectivity index (χ2n) is 19.1. The fraction of sp³-hybridized carbons (Fsp3) is 0.654. The van der Waals surface area contributed by atoms with Gasteiger partial charge >= 0.3 is 44.4 Å². The average molecular weight is 1110 g/mol. The summed E-state index contributed by atoms with van der Waals surface area (Å²) in [6, 6.07) is -2.72. The van der Waals surface area contributed by atoms with E-state index in [4.69, 9.17) is 14.0 Å². The Morgan fingerprint density at radius 3 is 0.960 bits per heavy atom. The molecule has 4 nitrogen and oxygen atoms in total. The molecular formula is C52H67BF18NO3+. The second kappa shape index (κ2) is 28.4. The van der Waals surface area contributed by atoms with E-state index in [-0.39, 0.29) is 85.5 Å². The van der Waals surface area contributed by atoms with Gasteiger partial charge in [-0.25, -0.2) is 0 Å². The van der Waals surface area contributed by atoms with Crippen LogP contribution in [0.3, 0.4) is 0 Å². The molecule has 0 amide bonds. The van der Waals surface area contributed by atoms with E-state index in [0.717, 1.165) is 77.0 Å². The van der Waals surface area contributed by atoms with Crippen LogP contribution in [0.25, 0.3) is 0 Å². The van der Waals surface area contributed by atoms with Crippen LogP contribution in [0.15, 0.2) is 48.5 Å². The Morgan fingerprint density at radius 1 is 0.360 bits per heavy atom. The summed E-state index contributed by atoms with van der Waals surface area (Å²) in [6.45, 7) is 8.20. The molecule has 3 aromatic rings. The van der Waals surface area contributed by atoms with Crippen molar-refractivity contribution in [3.8, 4) is 17.2 Å². The highest BCUT2D eigenvalue weighted by Gasteiger charge is 2.49. The van der Waals surface area contributed by atoms with Crippen LogP contribution in [0, 0.1) is 0 Å². The molecule has 0 N–H and O–H groups in total. The summed E-state index contributed by atoms with van der Waals surface area (Å²) in [5.74, 6) is -4.51. The van der Waals surface area contributed by atoms with Crippen LogP contribution in [-0.2, 0) is 37.1 Å². The third-order valence-corrected chi connectivity index (χ3v) is 13.0. The molecule has 0 aliphatic heterocycles. The molecule has 0 bridgehead atoms. The van der Waals surface area contributed by atoms with E-state index in [1.54, 1.807) is 6.92 Å². The van der Waals surface area contributed by atoms with E-state index in [0.29, 0.717) is 38.5 Å². The monoisotopic (exact) mass is 1110 g/mol. The molecule has 426 valence electrons. The number of nitrogens with zero attached hydrogens (tertiary/aromatic N) is 1. The van der Waals surface area contributed by atoms with E-state index >= 15 is 13.2 Å². The number of hydrogen-bond acceptors (Lipinski definition) is 3. The summed E-state index contributed by atoms with van der Waals surface area (Å²) in [4.78, 5) is 0. The van der Waals surface area contributed by atoms with Gasteiger partial charge in [0.1, 0.15) is 23.3 Å². The van der Waals surface area contributed by atoms with Gasteiger partial charge < -0.3 is 18.4 Å². The van der Waals surface area contributed by atoms with Gasteiger partial charge in [-0.3, -0.25) is 0 Å². The molecule has 0 aromatic heterocycles. The number of quaternary nitrogens is 1. The zero-order chi connectivity index (χ0) is 56.5. The minimum atomic E-state index is -5.65. The molecule has 3 aromatic carbocycles. The fourth-order valence-electron chi connectivity index (χ4n) is 9.24. The predicted octanol–water partition coefficient (Wildman–Crippen LogP) is 20.1. The van der Waals surface area contributed by atoms with Crippen molar-refractivity contribution in [2.24, 2.45) is 0 Å². The van der Waals surface area contributed by atoms with Gasteiger partial charge in [0.15, 0.2) is 0 Å². The molecule has 0 aliphatic carbocycles. The normalized spacial score (nSPS) is 13.6. The van der Waals surface area contributed by atoms with Crippen molar-refractivity contribution in [2.45, 2.75) is 199 Å². The first kappa shape index (κ1) is 65.1. The second-order valence-corrected chi connectivity index (χ2v) is 19.1. The van der Waals surface area contributed by atoms with E-state index in [1.807, 2.05) is 20.8 Å². The Bertz CT molecular complexity index is 1980. The molecule has 0 saturated carbocycles. The minimum Gasteiger partial charge on any atom is -0.490 e. The first-order valence-electron chi connectivity index (χ1n) is 25.6. The van der Waals surface area contributed by atoms with Crippen molar-refractivity contribution in [2.75, 3.05) is 19.6 Å². The Labute approximate surface area is 427 Å². The number of rotatable bonds is 31. The third kappa shape index (κ3) is 20.9. The van der Waals surface area contributed by atoms with Gasteiger partial charge in [-0.1, -0.05) is 111 Å². The molecule has 3 rings (SSSR count). The van der Waals surface area contributed by atoms with Crippen molar-refractivity contribution in [1.82, 2.24) is 0 Å². The standard InChI is InChI=1S/C52H67BF18NO3/c1-5-9-12-15-18-21-25-72(26-22-19-16-13-10-6-2,27-23-20-17-14-11-7-3)44(24-8-4)46-43(52(69,70)71)34-40(51(66,67)68)35-45(46)75-53(73-41-30-36(47(54,55)56)28-37(31-41)48(57,58)59)74-42-32-38(49(60,61)62)29-39(33-42)50(63,64)65/h28-35,44H,5-27H2,1-4H3/q+1. The van der Waals surface area contributed by atoms with Gasteiger partial charge in [0.05, 0.1) is 58.6 Å². The Morgan fingerprint density at radius 2 is 0.667 bits per heavy atom. The van der Waals surface area contributed by atoms with Crippen molar-refractivity contribution in [3.05, 3.63) is 87.5 Å². The molecule has 23 heteroatoms. The summed E-state index contributed by atoms with van der Waals surface area (Å²) in [7, 11) is -3.28. The maximum Gasteiger partial charge on any atom is 0.864 e. The lowest BCUT2D eigenvalue weighted by molar-refractivity contribution is -0.958. The van der Waals surface area contributed by atoms with E-state index in [1.165, 1.54) is 0 Å². The third-order valence-electron chi connectivity index (χ3n) is 13.0. The van der Waals surface area contributed by atoms with Crippen LogP contribution < -0.4 is 14.0 Å². The number of benzene rings is 3. The summed E-state index contributed by atoms with van der Waals surface area (Å²) < 4.78 is 277. The highest BCUT2D eigenvalue weighted by Crippen LogP contribution is 2.50. The van der Waals surface area contributed by atoms with Gasteiger partial charge in [0.2, 0.25) is 0 Å². The molecule has 0 fully saturated rings.